The van der Waals surface area contributed by atoms with Crippen LogP contribution in [0.4, 0.5) is 4.39 Å². The van der Waals surface area contributed by atoms with Crippen LogP contribution in [0.1, 0.15) is 30.4 Å². The van der Waals surface area contributed by atoms with Crippen molar-refractivity contribution in [3.63, 3.8) is 0 Å². The van der Waals surface area contributed by atoms with E-state index in [1.165, 1.54) is 36.9 Å². The topological polar surface area (TPSA) is 54.4 Å². The number of benzene rings is 1. The molecule has 1 heterocycles. The molecule has 1 fully saturated rings. The lowest BCUT2D eigenvalue weighted by Crippen LogP contribution is -2.07. The van der Waals surface area contributed by atoms with Crippen LogP contribution in [-0.4, -0.2) is 22.6 Å². The Hall–Kier alpha value is -1.62. The smallest absolute Gasteiger partial charge is 0.310 e. The molecule has 0 radical (unpaired) electrons. The van der Waals surface area contributed by atoms with Gasteiger partial charge in [0.05, 0.1) is 10.8 Å². The molecule has 3 nitrogen and oxygen atoms in total. The maximum absolute atomic E-state index is 13.9. The second kappa shape index (κ2) is 5.57. The first kappa shape index (κ1) is 13.8. The van der Waals surface area contributed by atoms with Crippen LogP contribution in [0.3, 0.4) is 0 Å². The summed E-state index contributed by atoms with van der Waals surface area (Å²) in [6, 6.07) is 4.32. The van der Waals surface area contributed by atoms with Gasteiger partial charge in [0, 0.05) is 17.7 Å². The molecule has 0 spiro atoms. The van der Waals surface area contributed by atoms with Gasteiger partial charge in [-0.2, -0.15) is 0 Å². The van der Waals surface area contributed by atoms with Crippen molar-refractivity contribution in [3.05, 3.63) is 40.0 Å². The van der Waals surface area contributed by atoms with Crippen molar-refractivity contribution in [2.75, 3.05) is 5.75 Å². The van der Waals surface area contributed by atoms with Gasteiger partial charge < -0.3 is 5.11 Å². The molecule has 0 saturated carbocycles. The summed E-state index contributed by atoms with van der Waals surface area (Å²) in [5.41, 5.74) is 0.733. The van der Waals surface area contributed by atoms with Gasteiger partial charge in [0.1, 0.15) is 5.82 Å². The van der Waals surface area contributed by atoms with Crippen LogP contribution in [-0.2, 0) is 9.59 Å². The molecule has 5 heteroatoms. The largest absolute Gasteiger partial charge is 0.481 e. The Labute approximate surface area is 114 Å². The van der Waals surface area contributed by atoms with Crippen LogP contribution < -0.4 is 0 Å². The average Bonchev–Trinajstić information content (AvgIpc) is 2.76. The number of hydrogen-bond acceptors (Lipinski definition) is 3. The molecule has 0 aromatic heterocycles. The number of carboxylic acids is 1. The van der Waals surface area contributed by atoms with Crippen LogP contribution >= 0.6 is 11.8 Å². The molecule has 0 bridgehead atoms. The van der Waals surface area contributed by atoms with E-state index in [2.05, 4.69) is 0 Å². The predicted molar refractivity (Wildman–Crippen MR) is 72.5 cm³/mol. The first-order valence-corrected chi connectivity index (χ1v) is 6.87. The fourth-order valence-electron chi connectivity index (χ4n) is 1.79. The van der Waals surface area contributed by atoms with E-state index in [0.717, 1.165) is 5.75 Å². The van der Waals surface area contributed by atoms with Gasteiger partial charge in [-0.15, -0.1) is 11.8 Å². The van der Waals surface area contributed by atoms with Crippen molar-refractivity contribution in [2.24, 2.45) is 0 Å². The molecule has 1 saturated heterocycles. The molecule has 1 unspecified atom stereocenters. The molecule has 1 aromatic rings. The minimum absolute atomic E-state index is 0.0346. The van der Waals surface area contributed by atoms with Crippen LogP contribution in [0.15, 0.2) is 23.1 Å². The molecule has 1 aliphatic rings. The molecular weight excluding hydrogens is 267 g/mol. The molecule has 2 rings (SSSR count). The summed E-state index contributed by atoms with van der Waals surface area (Å²) in [6.07, 6.45) is 2.02. The van der Waals surface area contributed by atoms with Crippen molar-refractivity contribution in [1.82, 2.24) is 0 Å². The lowest BCUT2D eigenvalue weighted by molar-refractivity contribution is -0.138. The summed E-state index contributed by atoms with van der Waals surface area (Å²) >= 11 is 1.42. The summed E-state index contributed by atoms with van der Waals surface area (Å²) in [7, 11) is 0. The zero-order valence-corrected chi connectivity index (χ0v) is 11.2. The maximum atomic E-state index is 13.9. The van der Waals surface area contributed by atoms with Gasteiger partial charge >= 0.3 is 5.97 Å². The highest BCUT2D eigenvalue weighted by Gasteiger charge is 2.19. The van der Waals surface area contributed by atoms with Crippen molar-refractivity contribution in [2.45, 2.75) is 19.3 Å². The second-order valence-electron chi connectivity index (χ2n) is 4.37. The van der Waals surface area contributed by atoms with Crippen LogP contribution in [0.5, 0.6) is 0 Å². The molecule has 100 valence electrons. The highest BCUT2D eigenvalue weighted by atomic mass is 32.2. The highest BCUT2D eigenvalue weighted by molar-refractivity contribution is 8.04. The number of ketones is 1. The fraction of sp³-hybridized carbons (Fsp3) is 0.286. The monoisotopic (exact) mass is 280 g/mol. The maximum Gasteiger partial charge on any atom is 0.310 e. The first-order valence-electron chi connectivity index (χ1n) is 5.89. The molecule has 19 heavy (non-hydrogen) atoms. The van der Waals surface area contributed by atoms with Crippen LogP contribution in [0.25, 0.3) is 6.08 Å². The van der Waals surface area contributed by atoms with E-state index >= 15 is 0 Å². The van der Waals surface area contributed by atoms with Gasteiger partial charge in [-0.05, 0) is 24.6 Å². The summed E-state index contributed by atoms with van der Waals surface area (Å²) in [6.45, 7) is 1.51. The minimum atomic E-state index is -0.993. The summed E-state index contributed by atoms with van der Waals surface area (Å²) in [5.74, 6) is -1.48. The second-order valence-corrected chi connectivity index (χ2v) is 5.51. The number of carbonyl (C=O) groups excluding carboxylic acids is 1. The quantitative estimate of drug-likeness (QED) is 0.865. The number of thioether (sulfide) groups is 1. The number of rotatable bonds is 3. The number of Topliss-reactive ketones (excluding diaryl/α,β-unsaturated/α-hetero) is 1. The van der Waals surface area contributed by atoms with Gasteiger partial charge in [0.2, 0.25) is 0 Å². The van der Waals surface area contributed by atoms with E-state index in [4.69, 9.17) is 5.11 Å². The van der Waals surface area contributed by atoms with Crippen molar-refractivity contribution in [1.29, 1.82) is 0 Å². The summed E-state index contributed by atoms with van der Waals surface area (Å²) in [4.78, 5) is 22.9. The Balaban J connectivity index is 2.30. The lowest BCUT2D eigenvalue weighted by Gasteiger charge is -2.08. The summed E-state index contributed by atoms with van der Waals surface area (Å²) < 4.78 is 13.9. The Kier molecular flexibility index (Phi) is 4.04. The molecule has 1 atom stereocenters. The zero-order chi connectivity index (χ0) is 14.0. The van der Waals surface area contributed by atoms with E-state index in [1.807, 2.05) is 0 Å². The number of allylic oxidation sites excluding steroid dienone is 1. The first-order chi connectivity index (χ1) is 8.99. The molecule has 0 amide bonds. The van der Waals surface area contributed by atoms with E-state index in [9.17, 15) is 14.0 Å². The molecule has 0 aliphatic carbocycles. The predicted octanol–water partition coefficient (Wildman–Crippen LogP) is 3.06. The van der Waals surface area contributed by atoms with E-state index in [0.29, 0.717) is 22.5 Å². The number of hydrogen-bond donors (Lipinski definition) is 1. The minimum Gasteiger partial charge on any atom is -0.481 e. The Bertz CT molecular complexity index is 566. The van der Waals surface area contributed by atoms with Gasteiger partial charge in [-0.3, -0.25) is 9.59 Å². The fourth-order valence-corrected chi connectivity index (χ4v) is 2.77. The van der Waals surface area contributed by atoms with E-state index in [-0.39, 0.29) is 5.78 Å². The normalized spacial score (nSPS) is 18.8. The van der Waals surface area contributed by atoms with Crippen LogP contribution in [0.2, 0.25) is 0 Å². The van der Waals surface area contributed by atoms with Crippen LogP contribution in [0, 0.1) is 5.82 Å². The van der Waals surface area contributed by atoms with E-state index in [1.54, 1.807) is 6.07 Å². The van der Waals surface area contributed by atoms with Gasteiger partial charge in [0.25, 0.3) is 0 Å². The van der Waals surface area contributed by atoms with Gasteiger partial charge in [0.15, 0.2) is 5.78 Å². The highest BCUT2D eigenvalue weighted by Crippen LogP contribution is 2.30. The van der Waals surface area contributed by atoms with Gasteiger partial charge in [-0.25, -0.2) is 4.39 Å². The van der Waals surface area contributed by atoms with Crippen molar-refractivity contribution < 1.29 is 19.1 Å². The van der Waals surface area contributed by atoms with Crippen molar-refractivity contribution in [3.8, 4) is 0 Å². The average molecular weight is 280 g/mol. The Morgan fingerprint density at radius 1 is 1.53 bits per heavy atom. The number of carbonyl (C=O) groups is 2. The number of carboxylic acid groups (broad SMARTS) is 1. The zero-order valence-electron chi connectivity index (χ0n) is 10.4. The Morgan fingerprint density at radius 3 is 2.79 bits per heavy atom. The van der Waals surface area contributed by atoms with E-state index < -0.39 is 17.7 Å². The third-order valence-electron chi connectivity index (χ3n) is 3.04. The standard InChI is InChI=1S/C14H13FO3S/c1-8(14(17)18)9-2-3-10(11(15)6-9)7-13-12(16)4-5-19-13/h2-3,6-8H,4-5H2,1H3,(H,17,18). The third kappa shape index (κ3) is 3.04. The molecule has 1 aliphatic heterocycles. The Morgan fingerprint density at radius 2 is 2.26 bits per heavy atom. The molecular formula is C14H13FO3S. The SMILES string of the molecule is CC(C(=O)O)c1ccc(C=C2SCCC2=O)c(F)c1. The van der Waals surface area contributed by atoms with Crippen molar-refractivity contribution >= 4 is 29.6 Å². The lowest BCUT2D eigenvalue weighted by atomic mass is 9.99. The number of aliphatic carboxylic acids is 1. The van der Waals surface area contributed by atoms with Gasteiger partial charge in [-0.1, -0.05) is 12.1 Å². The summed E-state index contributed by atoms with van der Waals surface area (Å²) in [5, 5.41) is 8.88. The molecule has 1 aromatic carbocycles. The third-order valence-corrected chi connectivity index (χ3v) is 4.11. The number of halogens is 1. The molecule has 1 N–H and O–H groups in total.